The summed E-state index contributed by atoms with van der Waals surface area (Å²) in [6.07, 6.45) is 1.56. The van der Waals surface area contributed by atoms with Crippen LogP contribution in [0.25, 0.3) is 22.0 Å². The minimum atomic E-state index is -0.485. The van der Waals surface area contributed by atoms with Gasteiger partial charge in [-0.3, -0.25) is 14.9 Å². The Kier molecular flexibility index (Phi) is 4.33. The lowest BCUT2D eigenvalue weighted by molar-refractivity contribution is -0.384. The van der Waals surface area contributed by atoms with Crippen molar-refractivity contribution in [3.63, 3.8) is 0 Å². The van der Waals surface area contributed by atoms with Crippen LogP contribution in [0.1, 0.15) is 11.4 Å². The summed E-state index contributed by atoms with van der Waals surface area (Å²) in [6, 6.07) is 10.6. The maximum absolute atomic E-state index is 12.1. The van der Waals surface area contributed by atoms with Gasteiger partial charge in [-0.05, 0) is 42.0 Å². The number of rotatable bonds is 3. The Morgan fingerprint density at radius 2 is 1.92 bits per heavy atom. The number of H-pyrrole nitrogens is 1. The number of nitrogens with one attached hydrogen (secondary N) is 1. The predicted molar refractivity (Wildman–Crippen MR) is 94.2 cm³/mol. The Labute approximate surface area is 145 Å². The zero-order valence-corrected chi connectivity index (χ0v) is 13.5. The number of nitro benzene ring substituents is 1. The number of nitrogens with zero attached hydrogens (tertiary/aromatic N) is 2. The summed E-state index contributed by atoms with van der Waals surface area (Å²) in [5, 5.41) is 11.7. The maximum Gasteiger partial charge on any atom is 0.269 e. The number of halogens is 2. The molecule has 0 bridgehead atoms. The van der Waals surface area contributed by atoms with Gasteiger partial charge in [0.1, 0.15) is 0 Å². The number of aromatic amines is 1. The molecule has 0 saturated heterocycles. The summed E-state index contributed by atoms with van der Waals surface area (Å²) in [5.41, 5.74) is 0.716. The van der Waals surface area contributed by atoms with E-state index in [0.29, 0.717) is 21.5 Å². The van der Waals surface area contributed by atoms with Gasteiger partial charge in [-0.15, -0.1) is 0 Å². The van der Waals surface area contributed by atoms with Gasteiger partial charge in [0.05, 0.1) is 20.9 Å². The van der Waals surface area contributed by atoms with Crippen LogP contribution in [-0.2, 0) is 0 Å². The van der Waals surface area contributed by atoms with Gasteiger partial charge in [0.25, 0.3) is 11.2 Å². The molecule has 120 valence electrons. The van der Waals surface area contributed by atoms with E-state index >= 15 is 0 Å². The zero-order chi connectivity index (χ0) is 17.3. The van der Waals surface area contributed by atoms with Crippen LogP contribution >= 0.6 is 23.2 Å². The molecule has 3 rings (SSSR count). The van der Waals surface area contributed by atoms with Gasteiger partial charge in [0.15, 0.2) is 5.82 Å². The van der Waals surface area contributed by atoms with Crippen molar-refractivity contribution >= 4 is 50.9 Å². The van der Waals surface area contributed by atoms with E-state index in [-0.39, 0.29) is 22.1 Å². The summed E-state index contributed by atoms with van der Waals surface area (Å²) in [4.78, 5) is 29.1. The summed E-state index contributed by atoms with van der Waals surface area (Å²) < 4.78 is 0. The first kappa shape index (κ1) is 16.2. The summed E-state index contributed by atoms with van der Waals surface area (Å²) in [7, 11) is 0. The molecule has 0 radical (unpaired) electrons. The van der Waals surface area contributed by atoms with Crippen molar-refractivity contribution in [2.45, 2.75) is 0 Å². The second-order valence-electron chi connectivity index (χ2n) is 4.92. The van der Waals surface area contributed by atoms with Crippen LogP contribution in [0.3, 0.4) is 0 Å². The van der Waals surface area contributed by atoms with Gasteiger partial charge in [0.2, 0.25) is 0 Å². The molecule has 0 amide bonds. The van der Waals surface area contributed by atoms with Crippen LogP contribution in [-0.4, -0.2) is 14.9 Å². The Morgan fingerprint density at radius 1 is 1.21 bits per heavy atom. The van der Waals surface area contributed by atoms with Gasteiger partial charge in [-0.2, -0.15) is 0 Å². The van der Waals surface area contributed by atoms with Gasteiger partial charge in [-0.1, -0.05) is 23.2 Å². The average Bonchev–Trinajstić information content (AvgIpc) is 2.54. The fourth-order valence-electron chi connectivity index (χ4n) is 2.13. The van der Waals surface area contributed by atoms with Gasteiger partial charge in [-0.25, -0.2) is 4.98 Å². The second kappa shape index (κ2) is 6.43. The number of hydrogen-bond donors (Lipinski definition) is 1. The highest BCUT2D eigenvalue weighted by atomic mass is 35.5. The maximum atomic E-state index is 12.1. The minimum Gasteiger partial charge on any atom is -0.305 e. The first-order chi connectivity index (χ1) is 11.4. The van der Waals surface area contributed by atoms with Crippen molar-refractivity contribution in [3.8, 4) is 0 Å². The van der Waals surface area contributed by atoms with E-state index in [2.05, 4.69) is 9.97 Å². The molecule has 2 aromatic carbocycles. The van der Waals surface area contributed by atoms with E-state index in [9.17, 15) is 14.9 Å². The number of nitro groups is 1. The molecular formula is C16H9Cl2N3O3. The van der Waals surface area contributed by atoms with E-state index < -0.39 is 4.92 Å². The molecule has 0 aliphatic carbocycles. The molecule has 0 aliphatic rings. The molecule has 8 heteroatoms. The van der Waals surface area contributed by atoms with E-state index in [1.165, 1.54) is 12.1 Å². The van der Waals surface area contributed by atoms with Crippen molar-refractivity contribution in [1.82, 2.24) is 9.97 Å². The fraction of sp³-hybridized carbons (Fsp3) is 0. The SMILES string of the molecule is O=c1[nH]c(C(Cl)=Cc2ccc([N+](=O)[O-])cc2)nc2cc(Cl)ccc12. The molecule has 0 saturated carbocycles. The lowest BCUT2D eigenvalue weighted by atomic mass is 10.2. The lowest BCUT2D eigenvalue weighted by Crippen LogP contribution is -2.10. The molecule has 0 spiro atoms. The lowest BCUT2D eigenvalue weighted by Gasteiger charge is -2.03. The van der Waals surface area contributed by atoms with Crippen molar-refractivity contribution in [2.75, 3.05) is 0 Å². The Bertz CT molecular complexity index is 1030. The molecule has 0 unspecified atom stereocenters. The molecule has 1 heterocycles. The molecule has 0 aliphatic heterocycles. The average molecular weight is 362 g/mol. The number of hydrogen-bond acceptors (Lipinski definition) is 4. The van der Waals surface area contributed by atoms with Crippen LogP contribution in [0.2, 0.25) is 5.02 Å². The number of fused-ring (bicyclic) bond motifs is 1. The number of aromatic nitrogens is 2. The molecule has 6 nitrogen and oxygen atoms in total. The first-order valence-corrected chi connectivity index (χ1v) is 7.51. The first-order valence-electron chi connectivity index (χ1n) is 6.75. The molecular weight excluding hydrogens is 353 g/mol. The van der Waals surface area contributed by atoms with Gasteiger partial charge >= 0.3 is 0 Å². The number of benzene rings is 2. The van der Waals surface area contributed by atoms with Gasteiger partial charge in [0, 0.05) is 17.2 Å². The molecule has 0 fully saturated rings. The Hall–Kier alpha value is -2.70. The van der Waals surface area contributed by atoms with E-state index in [4.69, 9.17) is 23.2 Å². The van der Waals surface area contributed by atoms with Crippen molar-refractivity contribution in [3.05, 3.63) is 79.3 Å². The topological polar surface area (TPSA) is 88.9 Å². The monoisotopic (exact) mass is 361 g/mol. The molecule has 24 heavy (non-hydrogen) atoms. The van der Waals surface area contributed by atoms with Gasteiger partial charge < -0.3 is 4.98 Å². The van der Waals surface area contributed by atoms with Crippen LogP contribution in [0.15, 0.2) is 47.3 Å². The third-order valence-electron chi connectivity index (χ3n) is 3.29. The quantitative estimate of drug-likeness (QED) is 0.558. The predicted octanol–water partition coefficient (Wildman–Crippen LogP) is 4.22. The smallest absolute Gasteiger partial charge is 0.269 e. The highest BCUT2D eigenvalue weighted by Gasteiger charge is 2.08. The summed E-state index contributed by atoms with van der Waals surface area (Å²) >= 11 is 12.1. The van der Waals surface area contributed by atoms with E-state index in [1.807, 2.05) is 0 Å². The number of non-ortho nitro benzene ring substituents is 1. The Balaban J connectivity index is 2.02. The zero-order valence-electron chi connectivity index (χ0n) is 12.0. The minimum absolute atomic E-state index is 0.0184. The normalized spacial score (nSPS) is 11.7. The largest absolute Gasteiger partial charge is 0.305 e. The fourth-order valence-corrected chi connectivity index (χ4v) is 2.51. The van der Waals surface area contributed by atoms with Crippen LogP contribution in [0.5, 0.6) is 0 Å². The standard InChI is InChI=1S/C16H9Cl2N3O3/c17-10-3-6-12-14(8-10)19-15(20-16(12)22)13(18)7-9-1-4-11(5-2-9)21(23)24/h1-8H,(H,19,20,22). The van der Waals surface area contributed by atoms with Crippen LogP contribution in [0.4, 0.5) is 5.69 Å². The molecule has 1 aromatic heterocycles. The molecule has 0 atom stereocenters. The molecule has 1 N–H and O–H groups in total. The summed E-state index contributed by atoms with van der Waals surface area (Å²) in [5.74, 6) is 0.190. The second-order valence-corrected chi connectivity index (χ2v) is 5.76. The van der Waals surface area contributed by atoms with Crippen LogP contribution < -0.4 is 5.56 Å². The third-order valence-corrected chi connectivity index (χ3v) is 3.82. The Morgan fingerprint density at radius 3 is 2.58 bits per heavy atom. The van der Waals surface area contributed by atoms with Crippen molar-refractivity contribution in [1.29, 1.82) is 0 Å². The van der Waals surface area contributed by atoms with Crippen molar-refractivity contribution in [2.24, 2.45) is 0 Å². The summed E-state index contributed by atoms with van der Waals surface area (Å²) in [6.45, 7) is 0. The molecule has 3 aromatic rings. The highest BCUT2D eigenvalue weighted by molar-refractivity contribution is 6.50. The van der Waals surface area contributed by atoms with E-state index in [0.717, 1.165) is 0 Å². The van der Waals surface area contributed by atoms with E-state index in [1.54, 1.807) is 36.4 Å². The third kappa shape index (κ3) is 3.29. The van der Waals surface area contributed by atoms with Crippen molar-refractivity contribution < 1.29 is 4.92 Å². The van der Waals surface area contributed by atoms with Crippen LogP contribution in [0, 0.1) is 10.1 Å². The highest BCUT2D eigenvalue weighted by Crippen LogP contribution is 2.22.